The Morgan fingerprint density at radius 3 is 2.58 bits per heavy atom. The molecule has 2 nitrogen and oxygen atoms in total. The van der Waals surface area contributed by atoms with Crippen LogP contribution in [-0.2, 0) is 6.54 Å². The van der Waals surface area contributed by atoms with Crippen LogP contribution < -0.4 is 10.1 Å². The van der Waals surface area contributed by atoms with Crippen LogP contribution in [0.25, 0.3) is 0 Å². The topological polar surface area (TPSA) is 21.3 Å². The lowest BCUT2D eigenvalue weighted by atomic mass is 10.2. The van der Waals surface area contributed by atoms with Crippen molar-refractivity contribution < 1.29 is 4.74 Å². The second-order valence-electron chi connectivity index (χ2n) is 4.00. The SMILES string of the molecule is CNCc1c(Cl)cccc1Sc1ccccc1OC. The Labute approximate surface area is 123 Å². The molecule has 0 aliphatic heterocycles. The zero-order valence-electron chi connectivity index (χ0n) is 10.9. The van der Waals surface area contributed by atoms with E-state index in [1.807, 2.05) is 43.4 Å². The highest BCUT2D eigenvalue weighted by atomic mass is 35.5. The van der Waals surface area contributed by atoms with Gasteiger partial charge in [-0.15, -0.1) is 0 Å². The van der Waals surface area contributed by atoms with Crippen LogP contribution in [0.2, 0.25) is 5.02 Å². The summed E-state index contributed by atoms with van der Waals surface area (Å²) in [7, 11) is 3.60. The van der Waals surface area contributed by atoms with E-state index in [2.05, 4.69) is 11.4 Å². The maximum Gasteiger partial charge on any atom is 0.132 e. The summed E-state index contributed by atoms with van der Waals surface area (Å²) in [6.45, 7) is 0.747. The quantitative estimate of drug-likeness (QED) is 0.892. The molecule has 19 heavy (non-hydrogen) atoms. The van der Waals surface area contributed by atoms with E-state index in [1.54, 1.807) is 18.9 Å². The van der Waals surface area contributed by atoms with E-state index in [1.165, 1.54) is 0 Å². The number of hydrogen-bond acceptors (Lipinski definition) is 3. The van der Waals surface area contributed by atoms with Gasteiger partial charge in [0, 0.05) is 16.5 Å². The highest BCUT2D eigenvalue weighted by Gasteiger charge is 2.10. The molecule has 2 aromatic rings. The maximum absolute atomic E-state index is 6.26. The third-order valence-corrected chi connectivity index (χ3v) is 4.23. The van der Waals surface area contributed by atoms with E-state index in [0.717, 1.165) is 32.7 Å². The highest BCUT2D eigenvalue weighted by Crippen LogP contribution is 2.38. The lowest BCUT2D eigenvalue weighted by Crippen LogP contribution is -2.06. The molecule has 0 aliphatic carbocycles. The fourth-order valence-corrected chi connectivity index (χ4v) is 3.19. The molecule has 0 spiro atoms. The second kappa shape index (κ2) is 6.85. The first-order chi connectivity index (χ1) is 9.26. The highest BCUT2D eigenvalue weighted by molar-refractivity contribution is 7.99. The Balaban J connectivity index is 2.35. The number of halogens is 1. The van der Waals surface area contributed by atoms with E-state index in [-0.39, 0.29) is 0 Å². The van der Waals surface area contributed by atoms with Crippen molar-refractivity contribution in [2.24, 2.45) is 0 Å². The summed E-state index contributed by atoms with van der Waals surface area (Å²) in [5.74, 6) is 0.878. The van der Waals surface area contributed by atoms with Gasteiger partial charge in [0.05, 0.1) is 12.0 Å². The average molecular weight is 294 g/mol. The largest absolute Gasteiger partial charge is 0.496 e. The molecule has 0 fully saturated rings. The third-order valence-electron chi connectivity index (χ3n) is 2.72. The Morgan fingerprint density at radius 1 is 1.11 bits per heavy atom. The normalized spacial score (nSPS) is 10.5. The predicted molar refractivity (Wildman–Crippen MR) is 81.3 cm³/mol. The molecule has 0 bridgehead atoms. The number of nitrogens with one attached hydrogen (secondary N) is 1. The zero-order chi connectivity index (χ0) is 13.7. The molecule has 1 N–H and O–H groups in total. The van der Waals surface area contributed by atoms with Gasteiger partial charge < -0.3 is 10.1 Å². The van der Waals surface area contributed by atoms with Crippen molar-refractivity contribution in [1.29, 1.82) is 0 Å². The second-order valence-corrected chi connectivity index (χ2v) is 5.49. The first kappa shape index (κ1) is 14.3. The van der Waals surface area contributed by atoms with Gasteiger partial charge in [-0.25, -0.2) is 0 Å². The van der Waals surface area contributed by atoms with Gasteiger partial charge in [-0.05, 0) is 36.9 Å². The molecule has 0 radical (unpaired) electrons. The molecule has 0 atom stereocenters. The van der Waals surface area contributed by atoms with Gasteiger partial charge in [0.2, 0.25) is 0 Å². The fraction of sp³-hybridized carbons (Fsp3) is 0.200. The van der Waals surface area contributed by atoms with Crippen molar-refractivity contribution >= 4 is 23.4 Å². The Kier molecular flexibility index (Phi) is 5.14. The lowest BCUT2D eigenvalue weighted by Gasteiger charge is -2.12. The van der Waals surface area contributed by atoms with E-state index < -0.39 is 0 Å². The van der Waals surface area contributed by atoms with Gasteiger partial charge in [0.25, 0.3) is 0 Å². The monoisotopic (exact) mass is 293 g/mol. The predicted octanol–water partition coefficient (Wildman–Crippen LogP) is 4.22. The maximum atomic E-state index is 6.26. The Morgan fingerprint density at radius 2 is 1.84 bits per heavy atom. The average Bonchev–Trinajstić information content (AvgIpc) is 2.43. The van der Waals surface area contributed by atoms with Crippen molar-refractivity contribution in [3.63, 3.8) is 0 Å². The summed E-state index contributed by atoms with van der Waals surface area (Å²) in [6.07, 6.45) is 0. The van der Waals surface area contributed by atoms with Gasteiger partial charge in [-0.2, -0.15) is 0 Å². The van der Waals surface area contributed by atoms with Crippen LogP contribution in [0.1, 0.15) is 5.56 Å². The van der Waals surface area contributed by atoms with Crippen LogP contribution in [0.15, 0.2) is 52.3 Å². The molecule has 100 valence electrons. The summed E-state index contributed by atoms with van der Waals surface area (Å²) in [4.78, 5) is 2.23. The minimum atomic E-state index is 0.747. The van der Waals surface area contributed by atoms with Gasteiger partial charge >= 0.3 is 0 Å². The molecule has 0 heterocycles. The zero-order valence-corrected chi connectivity index (χ0v) is 12.5. The Hall–Kier alpha value is -1.16. The van der Waals surface area contributed by atoms with Crippen LogP contribution >= 0.6 is 23.4 Å². The van der Waals surface area contributed by atoms with Gasteiger partial charge in [0.1, 0.15) is 5.75 Å². The molecule has 0 saturated carbocycles. The smallest absolute Gasteiger partial charge is 0.132 e. The van der Waals surface area contributed by atoms with E-state index >= 15 is 0 Å². The summed E-state index contributed by atoms with van der Waals surface area (Å²) in [5, 5.41) is 3.94. The molecule has 0 unspecified atom stereocenters. The van der Waals surface area contributed by atoms with Gasteiger partial charge in [0.15, 0.2) is 0 Å². The van der Waals surface area contributed by atoms with Crippen molar-refractivity contribution in [3.05, 3.63) is 53.1 Å². The summed E-state index contributed by atoms with van der Waals surface area (Å²) >= 11 is 7.93. The molecule has 4 heteroatoms. The number of rotatable bonds is 5. The number of benzene rings is 2. The number of methoxy groups -OCH3 is 1. The lowest BCUT2D eigenvalue weighted by molar-refractivity contribution is 0.405. The van der Waals surface area contributed by atoms with Crippen molar-refractivity contribution in [1.82, 2.24) is 5.32 Å². The molecule has 0 saturated heterocycles. The van der Waals surface area contributed by atoms with Crippen LogP contribution in [0.3, 0.4) is 0 Å². The first-order valence-electron chi connectivity index (χ1n) is 5.99. The molecule has 2 rings (SSSR count). The van der Waals surface area contributed by atoms with Crippen LogP contribution in [0, 0.1) is 0 Å². The molecule has 0 aliphatic rings. The van der Waals surface area contributed by atoms with Crippen LogP contribution in [-0.4, -0.2) is 14.2 Å². The first-order valence-corrected chi connectivity index (χ1v) is 7.18. The van der Waals surface area contributed by atoms with Gasteiger partial charge in [-0.3, -0.25) is 0 Å². The van der Waals surface area contributed by atoms with Gasteiger partial charge in [-0.1, -0.05) is 41.6 Å². The minimum Gasteiger partial charge on any atom is -0.496 e. The third kappa shape index (κ3) is 3.44. The van der Waals surface area contributed by atoms with E-state index in [4.69, 9.17) is 16.3 Å². The van der Waals surface area contributed by atoms with Crippen molar-refractivity contribution in [2.75, 3.05) is 14.2 Å². The number of hydrogen-bond donors (Lipinski definition) is 1. The van der Waals surface area contributed by atoms with Crippen molar-refractivity contribution in [2.45, 2.75) is 16.3 Å². The van der Waals surface area contributed by atoms with E-state index in [9.17, 15) is 0 Å². The van der Waals surface area contributed by atoms with Crippen LogP contribution in [0.4, 0.5) is 0 Å². The Bertz CT molecular complexity index is 560. The minimum absolute atomic E-state index is 0.747. The molecule has 0 amide bonds. The molecular formula is C15H16ClNOS. The molecular weight excluding hydrogens is 278 g/mol. The van der Waals surface area contributed by atoms with Crippen LogP contribution in [0.5, 0.6) is 5.75 Å². The molecule has 0 aromatic heterocycles. The number of para-hydroxylation sites is 1. The molecule has 2 aromatic carbocycles. The number of ether oxygens (including phenoxy) is 1. The fourth-order valence-electron chi connectivity index (χ4n) is 1.80. The summed E-state index contributed by atoms with van der Waals surface area (Å²) < 4.78 is 5.38. The summed E-state index contributed by atoms with van der Waals surface area (Å²) in [5.41, 5.74) is 1.11. The summed E-state index contributed by atoms with van der Waals surface area (Å²) in [6, 6.07) is 14.0. The standard InChI is InChI=1S/C15H16ClNOS/c1-17-10-11-12(16)6-5-9-14(11)19-15-8-4-3-7-13(15)18-2/h3-9,17H,10H2,1-2H3. The van der Waals surface area contributed by atoms with E-state index in [0.29, 0.717) is 0 Å². The van der Waals surface area contributed by atoms with Crippen molar-refractivity contribution in [3.8, 4) is 5.75 Å².